The van der Waals surface area contributed by atoms with Gasteiger partial charge in [-0.05, 0) is 111 Å². The van der Waals surface area contributed by atoms with E-state index in [1.165, 1.54) is 37.8 Å². The minimum Gasteiger partial charge on any atom is -0.744 e. The first kappa shape index (κ1) is 48.6. The van der Waals surface area contributed by atoms with Crippen LogP contribution in [0.2, 0.25) is 0 Å². The molecule has 0 aliphatic carbocycles. The van der Waals surface area contributed by atoms with Crippen LogP contribution in [0.25, 0.3) is 0 Å². The fourth-order valence-corrected chi connectivity index (χ4v) is 6.10. The lowest BCUT2D eigenvalue weighted by atomic mass is 10.1. The highest BCUT2D eigenvalue weighted by atomic mass is 32.2. The molecule has 5 aromatic rings. The van der Waals surface area contributed by atoms with Gasteiger partial charge in [-0.3, -0.25) is 0 Å². The standard InChI is InChI=1S/C39H47N2O6.C7H8O3S.C2H6/c1-6-7-8-9-10-11-27-44-34-16-12-31(13-17-34)38(42)46-36-20-21-37(30(3)29(36)2)47-39(43)32-14-18-35(19-15-32)45-28-26-41-24-22-33(23-25-41)40(4)5;1-6-2-4-7(5-3-6)11(8,9)10;1-2/h12-25H,6-11,26-28H2,1-5H3;2-5H,1H3,(H,8,9,10);1-2H3/q+1;;/p-1. The molecule has 0 fully saturated rings. The first-order chi connectivity index (χ1) is 28.7. The van der Waals surface area contributed by atoms with Gasteiger partial charge >= 0.3 is 11.9 Å². The second-order valence-corrected chi connectivity index (χ2v) is 15.4. The Labute approximate surface area is 356 Å². The molecule has 0 N–H and O–H groups in total. The zero-order valence-electron chi connectivity index (χ0n) is 36.2. The van der Waals surface area contributed by atoms with Gasteiger partial charge in [-0.2, -0.15) is 0 Å². The van der Waals surface area contributed by atoms with Gasteiger partial charge in [0.05, 0.1) is 22.6 Å². The van der Waals surface area contributed by atoms with Gasteiger partial charge in [-0.15, -0.1) is 0 Å². The molecule has 0 unspecified atom stereocenters. The Morgan fingerprint density at radius 2 is 1.07 bits per heavy atom. The van der Waals surface area contributed by atoms with Gasteiger partial charge in [-0.25, -0.2) is 22.6 Å². The Bertz CT molecular complexity index is 2170. The average molecular weight is 841 g/mol. The van der Waals surface area contributed by atoms with Crippen LogP contribution in [0.4, 0.5) is 5.69 Å². The SMILES string of the molecule is CC.CCCCCCCCOc1ccc(C(=O)Oc2ccc(OC(=O)c3ccc(OCC[n+]4ccc(N(C)C)cc4)cc3)c(C)c2C)cc1.Cc1ccc(S(=O)(=O)[O-])cc1. The molecule has 0 bridgehead atoms. The Kier molecular flexibility index (Phi) is 20.3. The molecule has 12 heteroatoms. The normalized spacial score (nSPS) is 10.6. The lowest BCUT2D eigenvalue weighted by molar-refractivity contribution is -0.697. The second kappa shape index (κ2) is 25.0. The van der Waals surface area contributed by atoms with Crippen molar-refractivity contribution < 1.29 is 46.1 Å². The van der Waals surface area contributed by atoms with E-state index in [9.17, 15) is 22.6 Å². The number of anilines is 1. The van der Waals surface area contributed by atoms with Gasteiger partial charge in [0, 0.05) is 31.9 Å². The van der Waals surface area contributed by atoms with Crippen LogP contribution in [0.1, 0.15) is 96.7 Å². The molecule has 0 saturated heterocycles. The highest BCUT2D eigenvalue weighted by molar-refractivity contribution is 7.85. The van der Waals surface area contributed by atoms with Crippen molar-refractivity contribution in [2.75, 3.05) is 32.2 Å². The molecule has 0 spiro atoms. The van der Waals surface area contributed by atoms with Gasteiger partial charge in [0.15, 0.2) is 18.9 Å². The number of aromatic nitrogens is 1. The number of ether oxygens (including phenoxy) is 4. The van der Waals surface area contributed by atoms with E-state index in [1.807, 2.05) is 61.1 Å². The number of pyridine rings is 1. The van der Waals surface area contributed by atoms with Crippen LogP contribution in [0.3, 0.4) is 0 Å². The minimum absolute atomic E-state index is 0.178. The maximum absolute atomic E-state index is 12.9. The molecule has 0 radical (unpaired) electrons. The third-order valence-electron chi connectivity index (χ3n) is 9.36. The fraction of sp³-hybridized carbons (Fsp3) is 0.354. The van der Waals surface area contributed by atoms with E-state index >= 15 is 0 Å². The highest BCUT2D eigenvalue weighted by Gasteiger charge is 2.17. The third-order valence-corrected chi connectivity index (χ3v) is 10.2. The summed E-state index contributed by atoms with van der Waals surface area (Å²) in [6, 6.07) is 27.0. The van der Waals surface area contributed by atoms with Crippen LogP contribution in [0.5, 0.6) is 23.0 Å². The summed E-state index contributed by atoms with van der Waals surface area (Å²) in [6.45, 7) is 13.5. The summed E-state index contributed by atoms with van der Waals surface area (Å²) >= 11 is 0. The first-order valence-corrected chi connectivity index (χ1v) is 21.8. The molecule has 11 nitrogen and oxygen atoms in total. The Morgan fingerprint density at radius 3 is 1.52 bits per heavy atom. The molecule has 0 atom stereocenters. The molecule has 0 aliphatic rings. The van der Waals surface area contributed by atoms with Gasteiger partial charge in [0.2, 0.25) is 0 Å². The van der Waals surface area contributed by atoms with Crippen LogP contribution < -0.4 is 28.4 Å². The number of carbonyl (C=O) groups is 2. The Hall–Kier alpha value is -5.72. The number of benzene rings is 4. The monoisotopic (exact) mass is 840 g/mol. The maximum Gasteiger partial charge on any atom is 0.343 e. The van der Waals surface area contributed by atoms with Gasteiger partial charge in [-0.1, -0.05) is 70.6 Å². The molecule has 60 heavy (non-hydrogen) atoms. The molecule has 1 heterocycles. The fourth-order valence-electron chi connectivity index (χ4n) is 5.63. The van der Waals surface area contributed by atoms with Crippen molar-refractivity contribution in [3.05, 3.63) is 137 Å². The molecule has 0 saturated carbocycles. The predicted octanol–water partition coefficient (Wildman–Crippen LogP) is 9.84. The number of rotatable bonds is 18. The molecule has 4 aromatic carbocycles. The number of hydrogen-bond acceptors (Lipinski definition) is 10. The quantitative estimate of drug-likeness (QED) is 0.0276. The first-order valence-electron chi connectivity index (χ1n) is 20.4. The second-order valence-electron chi connectivity index (χ2n) is 14.1. The van der Waals surface area contributed by atoms with E-state index in [1.54, 1.807) is 72.8 Å². The molecular formula is C48H60N2O9S. The summed E-state index contributed by atoms with van der Waals surface area (Å²) in [5.41, 5.74) is 4.30. The van der Waals surface area contributed by atoms with Crippen molar-refractivity contribution in [2.45, 2.75) is 91.5 Å². The van der Waals surface area contributed by atoms with E-state index < -0.39 is 22.1 Å². The van der Waals surface area contributed by atoms with Crippen molar-refractivity contribution in [3.8, 4) is 23.0 Å². The molecule has 0 amide bonds. The molecule has 0 aliphatic heterocycles. The average Bonchev–Trinajstić information content (AvgIpc) is 3.24. The number of unbranched alkanes of at least 4 members (excludes halogenated alkanes) is 5. The van der Waals surface area contributed by atoms with Crippen molar-refractivity contribution in [2.24, 2.45) is 0 Å². The summed E-state index contributed by atoms with van der Waals surface area (Å²) < 4.78 is 56.3. The highest BCUT2D eigenvalue weighted by Crippen LogP contribution is 2.31. The van der Waals surface area contributed by atoms with Crippen LogP contribution in [0.15, 0.2) is 114 Å². The van der Waals surface area contributed by atoms with Crippen LogP contribution in [-0.2, 0) is 16.7 Å². The van der Waals surface area contributed by atoms with E-state index in [4.69, 9.17) is 18.9 Å². The van der Waals surface area contributed by atoms with Crippen molar-refractivity contribution in [1.29, 1.82) is 0 Å². The molecule has 1 aromatic heterocycles. The third kappa shape index (κ3) is 16.1. The number of esters is 2. The molecule has 5 rings (SSSR count). The number of nitrogens with zero attached hydrogens (tertiary/aromatic N) is 2. The Balaban J connectivity index is 0.000000634. The van der Waals surface area contributed by atoms with Crippen LogP contribution in [0, 0.1) is 20.8 Å². The van der Waals surface area contributed by atoms with E-state index in [0.717, 1.165) is 29.8 Å². The zero-order valence-corrected chi connectivity index (χ0v) is 37.0. The lowest BCUT2D eigenvalue weighted by Crippen LogP contribution is -2.35. The summed E-state index contributed by atoms with van der Waals surface area (Å²) in [6.07, 6.45) is 11.3. The van der Waals surface area contributed by atoms with Crippen molar-refractivity contribution >= 4 is 27.7 Å². The van der Waals surface area contributed by atoms with Crippen LogP contribution >= 0.6 is 0 Å². The lowest BCUT2D eigenvalue weighted by Gasteiger charge is -2.14. The maximum atomic E-state index is 12.9. The summed E-state index contributed by atoms with van der Waals surface area (Å²) in [5.74, 6) is 1.25. The predicted molar refractivity (Wildman–Crippen MR) is 235 cm³/mol. The molecular weight excluding hydrogens is 781 g/mol. The Morgan fingerprint density at radius 1 is 0.617 bits per heavy atom. The van der Waals surface area contributed by atoms with E-state index in [0.29, 0.717) is 59.3 Å². The topological polar surface area (TPSA) is 135 Å². The van der Waals surface area contributed by atoms with Crippen molar-refractivity contribution in [3.63, 3.8) is 0 Å². The largest absolute Gasteiger partial charge is 0.744 e. The number of carbonyl (C=O) groups excluding carboxylic acids is 2. The minimum atomic E-state index is -4.27. The number of aryl methyl sites for hydroxylation is 1. The van der Waals surface area contributed by atoms with Crippen molar-refractivity contribution in [1.82, 2.24) is 0 Å². The number of hydrogen-bond donors (Lipinski definition) is 0. The smallest absolute Gasteiger partial charge is 0.343 e. The van der Waals surface area contributed by atoms with Gasteiger partial charge in [0.1, 0.15) is 39.7 Å². The van der Waals surface area contributed by atoms with Gasteiger partial charge < -0.3 is 28.4 Å². The molecule has 322 valence electrons. The van der Waals surface area contributed by atoms with Gasteiger partial charge in [0.25, 0.3) is 0 Å². The van der Waals surface area contributed by atoms with E-state index in [2.05, 4.69) is 28.5 Å². The summed E-state index contributed by atoms with van der Waals surface area (Å²) in [4.78, 5) is 27.6. The zero-order chi connectivity index (χ0) is 44.1. The van der Waals surface area contributed by atoms with E-state index in [-0.39, 0.29) is 4.90 Å². The summed E-state index contributed by atoms with van der Waals surface area (Å²) in [7, 11) is -0.252. The summed E-state index contributed by atoms with van der Waals surface area (Å²) in [5, 5.41) is 0. The van der Waals surface area contributed by atoms with Crippen LogP contribution in [-0.4, -0.2) is 52.2 Å².